The second-order valence-corrected chi connectivity index (χ2v) is 4.68. The van der Waals surface area contributed by atoms with E-state index in [4.69, 9.17) is 4.74 Å². The Balaban J connectivity index is 1.99. The van der Waals surface area contributed by atoms with Gasteiger partial charge in [0.2, 0.25) is 11.8 Å². The summed E-state index contributed by atoms with van der Waals surface area (Å²) in [4.78, 5) is 21.1. The lowest BCUT2D eigenvalue weighted by Crippen LogP contribution is -2.32. The van der Waals surface area contributed by atoms with E-state index in [2.05, 4.69) is 15.3 Å². The molecule has 1 aromatic carbocycles. The van der Waals surface area contributed by atoms with Crippen LogP contribution in [0.15, 0.2) is 36.7 Å². The number of aromatic nitrogens is 2. The highest BCUT2D eigenvalue weighted by atomic mass is 19.1. The fourth-order valence-electron chi connectivity index (χ4n) is 1.71. The second kappa shape index (κ2) is 7.35. The number of amides is 1. The van der Waals surface area contributed by atoms with Crippen LogP contribution in [0.3, 0.4) is 0 Å². The molecule has 22 heavy (non-hydrogen) atoms. The molecule has 0 saturated heterocycles. The Kier molecular flexibility index (Phi) is 5.24. The Morgan fingerprint density at radius 3 is 2.73 bits per heavy atom. The SMILES string of the molecule is CC(=O)NCCN(C)c1cncc(Oc2ccc(F)cc2)n1. The monoisotopic (exact) mass is 304 g/mol. The van der Waals surface area contributed by atoms with E-state index in [-0.39, 0.29) is 11.7 Å². The number of hydrogen-bond donors (Lipinski definition) is 1. The average molecular weight is 304 g/mol. The summed E-state index contributed by atoms with van der Waals surface area (Å²) in [5, 5.41) is 2.71. The quantitative estimate of drug-likeness (QED) is 0.884. The van der Waals surface area contributed by atoms with Crippen LogP contribution in [0.5, 0.6) is 11.6 Å². The van der Waals surface area contributed by atoms with E-state index in [0.717, 1.165) is 0 Å². The van der Waals surface area contributed by atoms with Crippen LogP contribution in [0.1, 0.15) is 6.92 Å². The Morgan fingerprint density at radius 2 is 2.05 bits per heavy atom. The van der Waals surface area contributed by atoms with Crippen LogP contribution in [0.25, 0.3) is 0 Å². The average Bonchev–Trinajstić information content (AvgIpc) is 2.49. The maximum absolute atomic E-state index is 12.9. The van der Waals surface area contributed by atoms with Gasteiger partial charge in [0, 0.05) is 27.1 Å². The number of likely N-dealkylation sites (N-methyl/N-ethyl adjacent to an activating group) is 1. The maximum Gasteiger partial charge on any atom is 0.239 e. The first-order valence-electron chi connectivity index (χ1n) is 6.75. The van der Waals surface area contributed by atoms with Crippen molar-refractivity contribution in [1.29, 1.82) is 0 Å². The number of rotatable bonds is 6. The van der Waals surface area contributed by atoms with Crippen LogP contribution < -0.4 is 15.0 Å². The van der Waals surface area contributed by atoms with Crippen molar-refractivity contribution in [2.45, 2.75) is 6.92 Å². The summed E-state index contributed by atoms with van der Waals surface area (Å²) >= 11 is 0. The molecule has 0 atom stereocenters. The molecular formula is C15H17FN4O2. The van der Waals surface area contributed by atoms with Gasteiger partial charge in [-0.1, -0.05) is 0 Å². The van der Waals surface area contributed by atoms with Gasteiger partial charge in [-0.2, -0.15) is 4.98 Å². The van der Waals surface area contributed by atoms with Crippen molar-refractivity contribution in [3.05, 3.63) is 42.5 Å². The fourth-order valence-corrected chi connectivity index (χ4v) is 1.71. The van der Waals surface area contributed by atoms with Gasteiger partial charge in [0.05, 0.1) is 12.4 Å². The Labute approximate surface area is 128 Å². The molecule has 1 heterocycles. The van der Waals surface area contributed by atoms with Crippen molar-refractivity contribution in [3.8, 4) is 11.6 Å². The molecule has 6 nitrogen and oxygen atoms in total. The standard InChI is InChI=1S/C15H17FN4O2/c1-11(21)18-7-8-20(2)14-9-17-10-15(19-14)22-13-5-3-12(16)4-6-13/h3-6,9-10H,7-8H2,1-2H3,(H,18,21). The maximum atomic E-state index is 12.9. The van der Waals surface area contributed by atoms with E-state index >= 15 is 0 Å². The minimum Gasteiger partial charge on any atom is -0.437 e. The number of ether oxygens (including phenoxy) is 1. The first kappa shape index (κ1) is 15.7. The molecule has 0 aliphatic heterocycles. The topological polar surface area (TPSA) is 67.4 Å². The van der Waals surface area contributed by atoms with Crippen molar-refractivity contribution in [3.63, 3.8) is 0 Å². The number of anilines is 1. The van der Waals surface area contributed by atoms with Gasteiger partial charge in [0.15, 0.2) is 5.82 Å². The number of carbonyl (C=O) groups excluding carboxylic acids is 1. The van der Waals surface area contributed by atoms with Gasteiger partial charge in [-0.05, 0) is 24.3 Å². The van der Waals surface area contributed by atoms with E-state index in [1.54, 1.807) is 6.20 Å². The largest absolute Gasteiger partial charge is 0.437 e. The molecule has 0 unspecified atom stereocenters. The summed E-state index contributed by atoms with van der Waals surface area (Å²) in [6.07, 6.45) is 3.08. The van der Waals surface area contributed by atoms with Crippen molar-refractivity contribution < 1.29 is 13.9 Å². The van der Waals surface area contributed by atoms with Crippen LogP contribution in [-0.2, 0) is 4.79 Å². The van der Waals surface area contributed by atoms with Gasteiger partial charge in [-0.15, -0.1) is 0 Å². The molecule has 7 heteroatoms. The summed E-state index contributed by atoms with van der Waals surface area (Å²) in [5.41, 5.74) is 0. The first-order chi connectivity index (χ1) is 10.5. The predicted molar refractivity (Wildman–Crippen MR) is 80.5 cm³/mol. The lowest BCUT2D eigenvalue weighted by molar-refractivity contribution is -0.118. The molecule has 0 saturated carbocycles. The van der Waals surface area contributed by atoms with Crippen LogP contribution in [-0.4, -0.2) is 36.0 Å². The van der Waals surface area contributed by atoms with Crippen LogP contribution in [0.4, 0.5) is 10.2 Å². The van der Waals surface area contributed by atoms with Gasteiger partial charge in [0.25, 0.3) is 0 Å². The third-order valence-electron chi connectivity index (χ3n) is 2.85. The smallest absolute Gasteiger partial charge is 0.239 e. The molecule has 1 N–H and O–H groups in total. The van der Waals surface area contributed by atoms with Crippen LogP contribution >= 0.6 is 0 Å². The molecule has 2 aromatic rings. The van der Waals surface area contributed by atoms with Crippen LogP contribution in [0.2, 0.25) is 0 Å². The van der Waals surface area contributed by atoms with Crippen molar-refractivity contribution in [2.75, 3.05) is 25.0 Å². The predicted octanol–water partition coefficient (Wildman–Crippen LogP) is 1.98. The first-order valence-corrected chi connectivity index (χ1v) is 6.75. The summed E-state index contributed by atoms with van der Waals surface area (Å²) in [7, 11) is 1.84. The lowest BCUT2D eigenvalue weighted by Gasteiger charge is -2.18. The highest BCUT2D eigenvalue weighted by molar-refractivity contribution is 5.72. The van der Waals surface area contributed by atoms with E-state index in [0.29, 0.717) is 30.5 Å². The minimum atomic E-state index is -0.329. The lowest BCUT2D eigenvalue weighted by atomic mass is 10.3. The minimum absolute atomic E-state index is 0.0760. The number of nitrogens with one attached hydrogen (secondary N) is 1. The van der Waals surface area contributed by atoms with Crippen molar-refractivity contribution >= 4 is 11.7 Å². The summed E-state index contributed by atoms with van der Waals surface area (Å²) in [6.45, 7) is 2.57. The molecule has 0 bridgehead atoms. The van der Waals surface area contributed by atoms with Gasteiger partial charge in [-0.3, -0.25) is 9.78 Å². The zero-order valence-corrected chi connectivity index (χ0v) is 12.4. The number of hydrogen-bond acceptors (Lipinski definition) is 5. The van der Waals surface area contributed by atoms with E-state index in [1.807, 2.05) is 11.9 Å². The number of halogens is 1. The molecule has 0 fully saturated rings. The molecule has 1 amide bonds. The van der Waals surface area contributed by atoms with Gasteiger partial charge in [-0.25, -0.2) is 4.39 Å². The molecule has 116 valence electrons. The molecular weight excluding hydrogens is 287 g/mol. The second-order valence-electron chi connectivity index (χ2n) is 4.68. The zero-order valence-electron chi connectivity index (χ0n) is 12.4. The van der Waals surface area contributed by atoms with Gasteiger partial charge < -0.3 is 15.0 Å². The van der Waals surface area contributed by atoms with E-state index in [1.165, 1.54) is 37.4 Å². The Hall–Kier alpha value is -2.70. The number of carbonyl (C=O) groups is 1. The molecule has 0 aliphatic rings. The third-order valence-corrected chi connectivity index (χ3v) is 2.85. The Morgan fingerprint density at radius 1 is 1.32 bits per heavy atom. The summed E-state index contributed by atoms with van der Waals surface area (Å²) in [6, 6.07) is 5.66. The van der Waals surface area contributed by atoms with Crippen LogP contribution in [0, 0.1) is 5.82 Å². The molecule has 1 aromatic heterocycles. The molecule has 0 radical (unpaired) electrons. The van der Waals surface area contributed by atoms with Crippen molar-refractivity contribution in [2.24, 2.45) is 0 Å². The fraction of sp³-hybridized carbons (Fsp3) is 0.267. The number of benzene rings is 1. The van der Waals surface area contributed by atoms with Gasteiger partial charge >= 0.3 is 0 Å². The van der Waals surface area contributed by atoms with E-state index in [9.17, 15) is 9.18 Å². The van der Waals surface area contributed by atoms with E-state index < -0.39 is 0 Å². The molecule has 0 spiro atoms. The summed E-state index contributed by atoms with van der Waals surface area (Å²) < 4.78 is 18.4. The molecule has 2 rings (SSSR count). The highest BCUT2D eigenvalue weighted by Crippen LogP contribution is 2.20. The third kappa shape index (κ3) is 4.69. The van der Waals surface area contributed by atoms with Crippen molar-refractivity contribution in [1.82, 2.24) is 15.3 Å². The molecule has 0 aliphatic carbocycles. The van der Waals surface area contributed by atoms with Gasteiger partial charge in [0.1, 0.15) is 11.6 Å². The highest BCUT2D eigenvalue weighted by Gasteiger charge is 2.06. The summed E-state index contributed by atoms with van der Waals surface area (Å²) in [5.74, 6) is 1.01. The number of nitrogens with zero attached hydrogens (tertiary/aromatic N) is 3. The zero-order chi connectivity index (χ0) is 15.9. The normalized spacial score (nSPS) is 10.1. The Bertz CT molecular complexity index is 634.